The van der Waals surface area contributed by atoms with E-state index in [0.29, 0.717) is 22.0 Å². The van der Waals surface area contributed by atoms with Gasteiger partial charge in [0, 0.05) is 17.6 Å². The van der Waals surface area contributed by atoms with Crippen LogP contribution in [-0.4, -0.2) is 10.9 Å². The lowest BCUT2D eigenvalue weighted by atomic mass is 10.1. The number of amides is 1. The molecule has 0 aliphatic rings. The van der Waals surface area contributed by atoms with E-state index in [2.05, 4.69) is 10.3 Å². The Morgan fingerprint density at radius 3 is 2.74 bits per heavy atom. The van der Waals surface area contributed by atoms with Crippen LogP contribution in [0.3, 0.4) is 0 Å². The van der Waals surface area contributed by atoms with Crippen LogP contribution in [0.2, 0.25) is 5.02 Å². The number of benzene rings is 1. The lowest BCUT2D eigenvalue weighted by Crippen LogP contribution is -2.15. The molecule has 1 aromatic carbocycles. The number of halogens is 1. The summed E-state index contributed by atoms with van der Waals surface area (Å²) < 4.78 is 0. The van der Waals surface area contributed by atoms with Gasteiger partial charge in [-0.1, -0.05) is 23.7 Å². The molecule has 0 saturated heterocycles. The van der Waals surface area contributed by atoms with Crippen molar-refractivity contribution < 1.29 is 4.79 Å². The molecule has 98 valence electrons. The van der Waals surface area contributed by atoms with Crippen LogP contribution in [0, 0.1) is 13.8 Å². The molecular formula is C14H14ClN3O. The quantitative estimate of drug-likeness (QED) is 0.884. The van der Waals surface area contributed by atoms with Crippen LogP contribution < -0.4 is 11.1 Å². The third kappa shape index (κ3) is 2.85. The number of nitrogens with one attached hydrogen (secondary N) is 1. The molecule has 4 nitrogen and oxygen atoms in total. The SMILES string of the molecule is Cc1cc(N)c(C(=O)Nc2c(C)cccc2Cl)cn1. The monoisotopic (exact) mass is 275 g/mol. The van der Waals surface area contributed by atoms with E-state index in [-0.39, 0.29) is 5.91 Å². The third-order valence-electron chi connectivity index (χ3n) is 2.78. The number of pyridine rings is 1. The zero-order valence-corrected chi connectivity index (χ0v) is 11.5. The Balaban J connectivity index is 2.31. The largest absolute Gasteiger partial charge is 0.398 e. The summed E-state index contributed by atoms with van der Waals surface area (Å²) in [5, 5.41) is 3.26. The van der Waals surface area contributed by atoms with Gasteiger partial charge in [-0.25, -0.2) is 0 Å². The Bertz CT molecular complexity index is 620. The molecule has 5 heteroatoms. The van der Waals surface area contributed by atoms with E-state index in [0.717, 1.165) is 11.3 Å². The number of carbonyl (C=O) groups is 1. The molecule has 0 saturated carbocycles. The molecule has 0 atom stereocenters. The van der Waals surface area contributed by atoms with Crippen LogP contribution in [0.1, 0.15) is 21.6 Å². The minimum Gasteiger partial charge on any atom is -0.398 e. The summed E-state index contributed by atoms with van der Waals surface area (Å²) in [4.78, 5) is 16.2. The molecule has 2 rings (SSSR count). The maximum absolute atomic E-state index is 12.2. The van der Waals surface area contributed by atoms with Crippen molar-refractivity contribution in [2.75, 3.05) is 11.1 Å². The van der Waals surface area contributed by atoms with Gasteiger partial charge in [-0.15, -0.1) is 0 Å². The van der Waals surface area contributed by atoms with Crippen LogP contribution in [0.15, 0.2) is 30.5 Å². The second-order valence-corrected chi connectivity index (χ2v) is 4.71. The number of nitrogens with two attached hydrogens (primary N) is 1. The van der Waals surface area contributed by atoms with Crippen molar-refractivity contribution in [2.24, 2.45) is 0 Å². The molecule has 1 amide bonds. The first-order valence-corrected chi connectivity index (χ1v) is 6.15. The van der Waals surface area contributed by atoms with Gasteiger partial charge < -0.3 is 11.1 Å². The Morgan fingerprint density at radius 2 is 2.11 bits per heavy atom. The average Bonchev–Trinajstić information content (AvgIpc) is 2.33. The van der Waals surface area contributed by atoms with E-state index in [1.54, 1.807) is 12.1 Å². The molecule has 0 aliphatic heterocycles. The number of hydrogen-bond donors (Lipinski definition) is 2. The number of anilines is 2. The Kier molecular flexibility index (Phi) is 3.71. The lowest BCUT2D eigenvalue weighted by Gasteiger charge is -2.11. The topological polar surface area (TPSA) is 68.0 Å². The van der Waals surface area contributed by atoms with Gasteiger partial charge in [-0.3, -0.25) is 9.78 Å². The molecule has 19 heavy (non-hydrogen) atoms. The van der Waals surface area contributed by atoms with Crippen molar-refractivity contribution in [1.29, 1.82) is 0 Å². The van der Waals surface area contributed by atoms with Crippen molar-refractivity contribution in [3.63, 3.8) is 0 Å². The van der Waals surface area contributed by atoms with Gasteiger partial charge >= 0.3 is 0 Å². The van der Waals surface area contributed by atoms with E-state index in [1.807, 2.05) is 26.0 Å². The van der Waals surface area contributed by atoms with Gasteiger partial charge in [0.15, 0.2) is 0 Å². The molecule has 0 bridgehead atoms. The summed E-state index contributed by atoms with van der Waals surface area (Å²) in [5.74, 6) is -0.318. The van der Waals surface area contributed by atoms with Crippen molar-refractivity contribution in [1.82, 2.24) is 4.98 Å². The first-order valence-electron chi connectivity index (χ1n) is 5.77. The van der Waals surface area contributed by atoms with Crippen molar-refractivity contribution in [2.45, 2.75) is 13.8 Å². The van der Waals surface area contributed by atoms with E-state index in [4.69, 9.17) is 17.3 Å². The molecule has 0 unspecified atom stereocenters. The molecule has 1 aromatic heterocycles. The first kappa shape index (κ1) is 13.4. The maximum atomic E-state index is 12.2. The van der Waals surface area contributed by atoms with E-state index >= 15 is 0 Å². The molecule has 1 heterocycles. The van der Waals surface area contributed by atoms with Crippen LogP contribution in [0.4, 0.5) is 11.4 Å². The number of para-hydroxylation sites is 1. The number of nitrogen functional groups attached to an aromatic ring is 1. The smallest absolute Gasteiger partial charge is 0.259 e. The standard InChI is InChI=1S/C14H14ClN3O/c1-8-4-3-5-11(15)13(8)18-14(19)10-7-17-9(2)6-12(10)16/h3-7H,1-2H3,(H2,16,17)(H,18,19). The molecular weight excluding hydrogens is 262 g/mol. The van der Waals surface area contributed by atoms with E-state index in [9.17, 15) is 4.79 Å². The fourth-order valence-electron chi connectivity index (χ4n) is 1.74. The molecule has 0 spiro atoms. The van der Waals surface area contributed by atoms with Gasteiger partial charge in [0.2, 0.25) is 0 Å². The van der Waals surface area contributed by atoms with Crippen LogP contribution in [0.5, 0.6) is 0 Å². The van der Waals surface area contributed by atoms with Gasteiger partial charge in [-0.05, 0) is 31.5 Å². The van der Waals surface area contributed by atoms with Gasteiger partial charge in [0.05, 0.1) is 16.3 Å². The number of carbonyl (C=O) groups excluding carboxylic acids is 1. The predicted octanol–water partition coefficient (Wildman–Crippen LogP) is 3.19. The van der Waals surface area contributed by atoms with Crippen molar-refractivity contribution in [3.8, 4) is 0 Å². The minimum absolute atomic E-state index is 0.318. The summed E-state index contributed by atoms with van der Waals surface area (Å²) in [7, 11) is 0. The van der Waals surface area contributed by atoms with Crippen molar-refractivity contribution >= 4 is 28.9 Å². The molecule has 2 aromatic rings. The van der Waals surface area contributed by atoms with Gasteiger partial charge in [0.25, 0.3) is 5.91 Å². The summed E-state index contributed by atoms with van der Waals surface area (Å²) in [5.41, 5.74) is 8.80. The minimum atomic E-state index is -0.318. The number of nitrogens with zero attached hydrogens (tertiary/aromatic N) is 1. The highest BCUT2D eigenvalue weighted by molar-refractivity contribution is 6.34. The zero-order valence-electron chi connectivity index (χ0n) is 10.7. The zero-order chi connectivity index (χ0) is 14.0. The van der Waals surface area contributed by atoms with Crippen LogP contribution >= 0.6 is 11.6 Å². The molecule has 0 radical (unpaired) electrons. The average molecular weight is 276 g/mol. The highest BCUT2D eigenvalue weighted by atomic mass is 35.5. The second-order valence-electron chi connectivity index (χ2n) is 4.30. The van der Waals surface area contributed by atoms with E-state index in [1.165, 1.54) is 6.20 Å². The fraction of sp³-hybridized carbons (Fsp3) is 0.143. The first-order chi connectivity index (χ1) is 8.99. The summed E-state index contributed by atoms with van der Waals surface area (Å²) >= 11 is 6.06. The predicted molar refractivity (Wildman–Crippen MR) is 77.5 cm³/mol. The second kappa shape index (κ2) is 5.28. The highest BCUT2D eigenvalue weighted by Gasteiger charge is 2.13. The third-order valence-corrected chi connectivity index (χ3v) is 3.09. The summed E-state index contributed by atoms with van der Waals surface area (Å²) in [6.07, 6.45) is 1.46. The van der Waals surface area contributed by atoms with Crippen LogP contribution in [-0.2, 0) is 0 Å². The van der Waals surface area contributed by atoms with E-state index < -0.39 is 0 Å². The normalized spacial score (nSPS) is 10.3. The number of aromatic nitrogens is 1. The fourth-order valence-corrected chi connectivity index (χ4v) is 2.01. The van der Waals surface area contributed by atoms with Crippen molar-refractivity contribution in [3.05, 3.63) is 52.3 Å². The van der Waals surface area contributed by atoms with Gasteiger partial charge in [0.1, 0.15) is 0 Å². The molecule has 0 aliphatic carbocycles. The number of aryl methyl sites for hydroxylation is 2. The van der Waals surface area contributed by atoms with Gasteiger partial charge in [-0.2, -0.15) is 0 Å². The Labute approximate surface area is 116 Å². The Hall–Kier alpha value is -2.07. The maximum Gasteiger partial charge on any atom is 0.259 e. The molecule has 0 fully saturated rings. The number of rotatable bonds is 2. The van der Waals surface area contributed by atoms with Crippen LogP contribution in [0.25, 0.3) is 0 Å². The lowest BCUT2D eigenvalue weighted by molar-refractivity contribution is 0.102. The summed E-state index contributed by atoms with van der Waals surface area (Å²) in [6.45, 7) is 3.69. The highest BCUT2D eigenvalue weighted by Crippen LogP contribution is 2.26. The number of hydrogen-bond acceptors (Lipinski definition) is 3. The Morgan fingerprint density at radius 1 is 1.37 bits per heavy atom. The molecule has 3 N–H and O–H groups in total. The summed E-state index contributed by atoms with van der Waals surface area (Å²) in [6, 6.07) is 7.09.